The van der Waals surface area contributed by atoms with Crippen LogP contribution in [0.2, 0.25) is 0 Å². The van der Waals surface area contributed by atoms with Crippen molar-refractivity contribution < 1.29 is 9.90 Å². The third kappa shape index (κ3) is 3.28. The number of phenols is 1. The van der Waals surface area contributed by atoms with Crippen molar-refractivity contribution in [3.05, 3.63) is 56.7 Å². The number of allylic oxidation sites excluding steroid dienone is 1. The first-order chi connectivity index (χ1) is 8.15. The number of ketones is 1. The van der Waals surface area contributed by atoms with Crippen molar-refractivity contribution in [1.29, 1.82) is 0 Å². The zero-order valence-electron chi connectivity index (χ0n) is 8.76. The standard InChI is InChI=1S/C13H9BrO2S/c14-13-7-9(8-17-13)1-6-12(16)10-2-4-11(15)5-3-10/h1-8,15H. The average Bonchev–Trinajstić information content (AvgIpc) is 2.73. The van der Waals surface area contributed by atoms with Crippen LogP contribution in [0, 0.1) is 0 Å². The van der Waals surface area contributed by atoms with Crippen LogP contribution >= 0.6 is 27.3 Å². The van der Waals surface area contributed by atoms with Gasteiger partial charge in [-0.25, -0.2) is 0 Å². The predicted molar refractivity (Wildman–Crippen MR) is 73.5 cm³/mol. The molecule has 1 N–H and O–H groups in total. The highest BCUT2D eigenvalue weighted by Gasteiger charge is 2.01. The van der Waals surface area contributed by atoms with Gasteiger partial charge in [0.05, 0.1) is 3.79 Å². The lowest BCUT2D eigenvalue weighted by atomic mass is 10.1. The second-order valence-corrected chi connectivity index (χ2v) is 5.72. The Hall–Kier alpha value is -1.39. The van der Waals surface area contributed by atoms with Crippen molar-refractivity contribution in [2.75, 3.05) is 0 Å². The molecule has 2 nitrogen and oxygen atoms in total. The van der Waals surface area contributed by atoms with Crippen LogP contribution in [0.25, 0.3) is 6.08 Å². The van der Waals surface area contributed by atoms with E-state index < -0.39 is 0 Å². The van der Waals surface area contributed by atoms with Gasteiger partial charge in [0.25, 0.3) is 0 Å². The number of carbonyl (C=O) groups excluding carboxylic acids is 1. The lowest BCUT2D eigenvalue weighted by molar-refractivity contribution is 0.104. The summed E-state index contributed by atoms with van der Waals surface area (Å²) in [5.74, 6) is 0.0830. The smallest absolute Gasteiger partial charge is 0.185 e. The molecule has 0 aliphatic heterocycles. The lowest BCUT2D eigenvalue weighted by Crippen LogP contribution is -1.92. The Bertz CT molecular complexity index is 555. The SMILES string of the molecule is O=C(C=Cc1csc(Br)c1)c1ccc(O)cc1. The Kier molecular flexibility index (Phi) is 3.76. The van der Waals surface area contributed by atoms with Crippen LogP contribution in [0.15, 0.2) is 45.6 Å². The molecule has 1 aromatic carbocycles. The number of rotatable bonds is 3. The van der Waals surface area contributed by atoms with Crippen molar-refractivity contribution in [1.82, 2.24) is 0 Å². The van der Waals surface area contributed by atoms with Gasteiger partial charge in [-0.1, -0.05) is 6.08 Å². The minimum atomic E-state index is -0.0766. The first-order valence-corrected chi connectivity index (χ1v) is 6.58. The summed E-state index contributed by atoms with van der Waals surface area (Å²) in [6.45, 7) is 0. The second-order valence-electron chi connectivity index (χ2n) is 3.43. The highest BCUT2D eigenvalue weighted by atomic mass is 79.9. The molecule has 0 saturated heterocycles. The largest absolute Gasteiger partial charge is 0.508 e. The van der Waals surface area contributed by atoms with Gasteiger partial charge in [-0.15, -0.1) is 11.3 Å². The van der Waals surface area contributed by atoms with E-state index in [-0.39, 0.29) is 11.5 Å². The fourth-order valence-electron chi connectivity index (χ4n) is 1.30. The zero-order valence-corrected chi connectivity index (χ0v) is 11.2. The van der Waals surface area contributed by atoms with Gasteiger partial charge in [0, 0.05) is 5.56 Å². The second kappa shape index (κ2) is 5.29. The summed E-state index contributed by atoms with van der Waals surface area (Å²) in [5.41, 5.74) is 1.56. The number of aromatic hydroxyl groups is 1. The van der Waals surface area contributed by atoms with Crippen molar-refractivity contribution in [2.45, 2.75) is 0 Å². The molecule has 0 atom stereocenters. The topological polar surface area (TPSA) is 37.3 Å². The molecule has 17 heavy (non-hydrogen) atoms. The van der Waals surface area contributed by atoms with Gasteiger partial charge in [0.15, 0.2) is 5.78 Å². The van der Waals surface area contributed by atoms with Gasteiger partial charge in [-0.2, -0.15) is 0 Å². The van der Waals surface area contributed by atoms with E-state index in [1.165, 1.54) is 18.2 Å². The Morgan fingerprint density at radius 1 is 1.29 bits per heavy atom. The minimum Gasteiger partial charge on any atom is -0.508 e. The van der Waals surface area contributed by atoms with E-state index >= 15 is 0 Å². The van der Waals surface area contributed by atoms with Crippen molar-refractivity contribution in [2.24, 2.45) is 0 Å². The summed E-state index contributed by atoms with van der Waals surface area (Å²) in [7, 11) is 0. The van der Waals surface area contributed by atoms with E-state index in [1.54, 1.807) is 29.5 Å². The highest BCUT2D eigenvalue weighted by molar-refractivity contribution is 9.11. The number of thiophene rings is 1. The Balaban J connectivity index is 2.11. The summed E-state index contributed by atoms with van der Waals surface area (Å²) in [5, 5.41) is 11.1. The quantitative estimate of drug-likeness (QED) is 0.684. The number of hydrogen-bond acceptors (Lipinski definition) is 3. The number of halogens is 1. The van der Waals surface area contributed by atoms with Crippen LogP contribution in [-0.2, 0) is 0 Å². The predicted octanol–water partition coefficient (Wildman–Crippen LogP) is 4.11. The molecular formula is C13H9BrO2S. The molecule has 2 aromatic rings. The third-order valence-corrected chi connectivity index (χ3v) is 3.69. The molecule has 0 aliphatic carbocycles. The number of benzene rings is 1. The normalized spacial score (nSPS) is 10.9. The van der Waals surface area contributed by atoms with E-state index in [2.05, 4.69) is 15.9 Å². The molecule has 1 heterocycles. The van der Waals surface area contributed by atoms with E-state index in [0.717, 1.165) is 9.35 Å². The van der Waals surface area contributed by atoms with E-state index in [9.17, 15) is 4.79 Å². The molecule has 0 bridgehead atoms. The maximum absolute atomic E-state index is 11.8. The molecule has 2 rings (SSSR count). The molecule has 86 valence electrons. The Morgan fingerprint density at radius 2 is 2.00 bits per heavy atom. The van der Waals surface area contributed by atoms with Gasteiger partial charge in [-0.05, 0) is 63.3 Å². The van der Waals surface area contributed by atoms with Gasteiger partial charge in [0.1, 0.15) is 5.75 Å². The fourth-order valence-corrected chi connectivity index (χ4v) is 2.45. The molecule has 0 aliphatic rings. The van der Waals surface area contributed by atoms with Crippen LogP contribution in [-0.4, -0.2) is 10.9 Å². The highest BCUT2D eigenvalue weighted by Crippen LogP contribution is 2.21. The Labute approximate surface area is 111 Å². The summed E-state index contributed by atoms with van der Waals surface area (Å²) in [6.07, 6.45) is 3.30. The molecule has 0 amide bonds. The maximum Gasteiger partial charge on any atom is 0.185 e. The van der Waals surface area contributed by atoms with Gasteiger partial charge in [-0.3, -0.25) is 4.79 Å². The molecule has 0 spiro atoms. The summed E-state index contributed by atoms with van der Waals surface area (Å²) in [6, 6.07) is 8.16. The molecule has 0 fully saturated rings. The summed E-state index contributed by atoms with van der Waals surface area (Å²) in [4.78, 5) is 11.8. The number of phenolic OH excluding ortho intramolecular Hbond substituents is 1. The van der Waals surface area contributed by atoms with Crippen LogP contribution in [0.1, 0.15) is 15.9 Å². The van der Waals surface area contributed by atoms with E-state index in [0.29, 0.717) is 5.56 Å². The fraction of sp³-hybridized carbons (Fsp3) is 0. The summed E-state index contributed by atoms with van der Waals surface area (Å²) >= 11 is 4.94. The molecule has 0 saturated carbocycles. The van der Waals surface area contributed by atoms with Crippen LogP contribution in [0.5, 0.6) is 5.75 Å². The molecule has 0 unspecified atom stereocenters. The van der Waals surface area contributed by atoms with Crippen LogP contribution in [0.3, 0.4) is 0 Å². The third-order valence-electron chi connectivity index (χ3n) is 2.17. The van der Waals surface area contributed by atoms with Crippen molar-refractivity contribution in [3.63, 3.8) is 0 Å². The molecule has 4 heteroatoms. The maximum atomic E-state index is 11.8. The number of hydrogen-bond donors (Lipinski definition) is 1. The van der Waals surface area contributed by atoms with Crippen molar-refractivity contribution >= 4 is 39.1 Å². The van der Waals surface area contributed by atoms with E-state index in [1.807, 2.05) is 11.4 Å². The molecule has 0 radical (unpaired) electrons. The first kappa shape index (κ1) is 12.1. The average molecular weight is 309 g/mol. The zero-order chi connectivity index (χ0) is 12.3. The Morgan fingerprint density at radius 3 is 2.59 bits per heavy atom. The van der Waals surface area contributed by atoms with Gasteiger partial charge in [0.2, 0.25) is 0 Å². The van der Waals surface area contributed by atoms with Crippen molar-refractivity contribution in [3.8, 4) is 5.75 Å². The monoisotopic (exact) mass is 308 g/mol. The molecule has 1 aromatic heterocycles. The first-order valence-electron chi connectivity index (χ1n) is 4.90. The molecular weight excluding hydrogens is 300 g/mol. The van der Waals surface area contributed by atoms with Crippen LogP contribution in [0.4, 0.5) is 0 Å². The van der Waals surface area contributed by atoms with Crippen LogP contribution < -0.4 is 0 Å². The summed E-state index contributed by atoms with van der Waals surface area (Å²) < 4.78 is 1.04. The van der Waals surface area contributed by atoms with Gasteiger partial charge >= 0.3 is 0 Å². The van der Waals surface area contributed by atoms with Gasteiger partial charge < -0.3 is 5.11 Å². The number of carbonyl (C=O) groups is 1. The lowest BCUT2D eigenvalue weighted by Gasteiger charge is -1.95. The van der Waals surface area contributed by atoms with E-state index in [4.69, 9.17) is 5.11 Å². The minimum absolute atomic E-state index is 0.0766.